The normalized spacial score (nSPS) is 23.4. The van der Waals surface area contributed by atoms with E-state index in [0.717, 1.165) is 31.4 Å². The Morgan fingerprint density at radius 2 is 1.73 bits per heavy atom. The maximum absolute atomic E-state index is 17.2. The second kappa shape index (κ2) is 20.0. The summed E-state index contributed by atoms with van der Waals surface area (Å²) in [6.45, 7) is 4.56. The van der Waals surface area contributed by atoms with Gasteiger partial charge in [0.25, 0.3) is 0 Å². The fourth-order valence-electron chi connectivity index (χ4n) is 13.0. The molecule has 1 unspecified atom stereocenters. The Kier molecular flexibility index (Phi) is 13.0. The van der Waals surface area contributed by atoms with Crippen molar-refractivity contribution in [2.45, 2.75) is 94.1 Å². The van der Waals surface area contributed by atoms with Crippen LogP contribution in [0.15, 0.2) is 59.5 Å². The highest BCUT2D eigenvalue weighted by Gasteiger charge is 2.52. The number of para-hydroxylation sites is 1. The number of piperazine rings is 2. The number of hydrogen-bond acceptors (Lipinski definition) is 14. The predicted octanol–water partition coefficient (Wildman–Crippen LogP) is 5.21. The van der Waals surface area contributed by atoms with E-state index >= 15 is 8.78 Å². The summed E-state index contributed by atoms with van der Waals surface area (Å²) in [4.78, 5) is 89.3. The number of fused-ring (bicyclic) bond motifs is 6. The molecule has 3 aromatic heterocycles. The molecule has 0 radical (unpaired) electrons. The van der Waals surface area contributed by atoms with Crippen LogP contribution in [-0.4, -0.2) is 152 Å². The average Bonchev–Trinajstić information content (AvgIpc) is 4.23. The summed E-state index contributed by atoms with van der Waals surface area (Å²) in [6.07, 6.45) is 12.5. The lowest BCUT2D eigenvalue weighted by molar-refractivity contribution is -0.136. The highest BCUT2D eigenvalue weighted by molar-refractivity contribution is 6.03. The minimum absolute atomic E-state index is 0.0127. The van der Waals surface area contributed by atoms with Crippen molar-refractivity contribution in [1.82, 2.24) is 49.4 Å². The number of nitrogens with one attached hydrogen (secondary N) is 2. The summed E-state index contributed by atoms with van der Waals surface area (Å²) < 4.78 is 48.0. The first-order chi connectivity index (χ1) is 37.3. The Morgan fingerprint density at radius 1 is 0.935 bits per heavy atom. The third-order valence-corrected chi connectivity index (χ3v) is 16.9. The van der Waals surface area contributed by atoms with Gasteiger partial charge in [-0.25, -0.2) is 18.4 Å². The van der Waals surface area contributed by atoms with Gasteiger partial charge >= 0.3 is 17.8 Å². The van der Waals surface area contributed by atoms with Crippen molar-refractivity contribution < 1.29 is 37.4 Å². The van der Waals surface area contributed by atoms with Crippen molar-refractivity contribution in [3.8, 4) is 29.6 Å². The topological polar surface area (TPSA) is 193 Å². The number of ether oxygens (including phenoxy) is 2. The summed E-state index contributed by atoms with van der Waals surface area (Å²) in [7, 11) is 3.35. The standard InChI is InChI=1S/C56H60F2N12O7/c1-4-36-39(57)17-14-33-9-5-10-37(46(33)36)48-47(58)49-38(29-59-48)51(68-30-34-15-16-35(31-68)60-34)63-53(62-49)76-32-56-21-8-24-69(56)45(20-22-56)77-55(75)64(2)23-7-13-44(72)67-27-25-66(26-28-67)40-11-6-12-41-50(40)65(3)54(74)70(41)42-18-19-43(71)61-52(42)73/h1,5-6,9-12,14,17,29,34-35,42,45,60H,7-8,13,15-16,18-28,30-32H2,2-3H3,(H,61,71,73)/t34-,35+,42?,45-,56-/m0/s1. The number of aryl methyl sites for hydroxylation is 1. The van der Waals surface area contributed by atoms with Gasteiger partial charge in [-0.2, -0.15) is 9.97 Å². The number of terminal acetylenes is 1. The summed E-state index contributed by atoms with van der Waals surface area (Å²) in [6, 6.07) is 13.5. The molecule has 21 heteroatoms. The Bertz CT molecular complexity index is 3490. The second-order valence-corrected chi connectivity index (χ2v) is 21.4. The van der Waals surface area contributed by atoms with Gasteiger partial charge in [0.15, 0.2) is 12.0 Å². The first-order valence-corrected chi connectivity index (χ1v) is 26.7. The lowest BCUT2D eigenvalue weighted by Crippen LogP contribution is -2.51. The van der Waals surface area contributed by atoms with Crippen molar-refractivity contribution >= 4 is 68.0 Å². The van der Waals surface area contributed by atoms with E-state index in [0.29, 0.717) is 110 Å². The number of nitrogens with zero attached hydrogens (tertiary/aromatic N) is 10. The van der Waals surface area contributed by atoms with Crippen LogP contribution in [-0.2, 0) is 26.2 Å². The molecule has 6 aromatic rings. The highest BCUT2D eigenvalue weighted by atomic mass is 19.1. The number of rotatable bonds is 12. The van der Waals surface area contributed by atoms with Gasteiger partial charge < -0.3 is 34.4 Å². The number of hydrogen-bond donors (Lipinski definition) is 2. The molecule has 3 aromatic carbocycles. The number of carbonyl (C=O) groups excluding carboxylic acids is 4. The van der Waals surface area contributed by atoms with Crippen molar-refractivity contribution in [3.63, 3.8) is 0 Å². The molecule has 2 N–H and O–H groups in total. The van der Waals surface area contributed by atoms with Crippen molar-refractivity contribution in [3.05, 3.63) is 82.4 Å². The molecule has 5 atom stereocenters. The van der Waals surface area contributed by atoms with Gasteiger partial charge in [-0.15, -0.1) is 6.42 Å². The molecule has 6 aliphatic heterocycles. The zero-order chi connectivity index (χ0) is 53.3. The molecule has 6 saturated heterocycles. The fourth-order valence-corrected chi connectivity index (χ4v) is 13.0. The van der Waals surface area contributed by atoms with Crippen LogP contribution in [0.2, 0.25) is 0 Å². The quantitative estimate of drug-likeness (QED) is 0.120. The van der Waals surface area contributed by atoms with Crippen LogP contribution in [0.3, 0.4) is 0 Å². The number of carbonyl (C=O) groups is 4. The third kappa shape index (κ3) is 8.94. The van der Waals surface area contributed by atoms with Gasteiger partial charge in [0, 0.05) is 115 Å². The van der Waals surface area contributed by atoms with Gasteiger partial charge in [-0.3, -0.25) is 38.7 Å². The van der Waals surface area contributed by atoms with Crippen LogP contribution in [0.5, 0.6) is 6.01 Å². The Balaban J connectivity index is 0.681. The molecular weight excluding hydrogens is 991 g/mol. The number of aromatic nitrogens is 5. The predicted molar refractivity (Wildman–Crippen MR) is 283 cm³/mol. The van der Waals surface area contributed by atoms with E-state index in [1.165, 1.54) is 15.5 Å². The Hall–Kier alpha value is -7.70. The number of imidazole rings is 1. The minimum Gasteiger partial charge on any atom is -0.461 e. The maximum Gasteiger partial charge on any atom is 0.411 e. The van der Waals surface area contributed by atoms with E-state index in [-0.39, 0.29) is 78.2 Å². The van der Waals surface area contributed by atoms with Crippen molar-refractivity contribution in [2.24, 2.45) is 7.05 Å². The first-order valence-electron chi connectivity index (χ1n) is 26.7. The van der Waals surface area contributed by atoms with E-state index in [2.05, 4.69) is 36.2 Å². The van der Waals surface area contributed by atoms with Crippen LogP contribution in [0.4, 0.5) is 25.1 Å². The SMILES string of the molecule is C#Cc1c(F)ccc2cccc(-c3ncc4c(N5C[C@H]6CC[C@@H](C5)N6)nc(OC[C@@]56CCCN5[C@@H](OC(=O)N(C)CCCC(=O)N5CCN(c7cccc8c7n(C)c(=O)n8C7CCC(=O)NC7=O)CC5)CC6)nc4c3F)c12. The number of pyridine rings is 1. The maximum atomic E-state index is 17.2. The number of amides is 4. The van der Waals surface area contributed by atoms with Gasteiger partial charge in [-0.1, -0.05) is 36.3 Å². The number of piperidine rings is 1. The summed E-state index contributed by atoms with van der Waals surface area (Å²) in [5, 5.41) is 7.48. The third-order valence-electron chi connectivity index (χ3n) is 16.9. The van der Waals surface area contributed by atoms with Crippen molar-refractivity contribution in [1.29, 1.82) is 0 Å². The Morgan fingerprint density at radius 3 is 2.51 bits per heavy atom. The van der Waals surface area contributed by atoms with Crippen molar-refractivity contribution in [2.75, 3.05) is 75.8 Å². The number of imide groups is 1. The van der Waals surface area contributed by atoms with Crippen LogP contribution >= 0.6 is 0 Å². The summed E-state index contributed by atoms with van der Waals surface area (Å²) in [5.74, 6) is 0.852. The number of halogens is 2. The summed E-state index contributed by atoms with van der Waals surface area (Å²) in [5.41, 5.74) is 1.70. The molecule has 2 bridgehead atoms. The largest absolute Gasteiger partial charge is 0.461 e. The monoisotopic (exact) mass is 1050 g/mol. The fraction of sp³-hybridized carbons (Fsp3) is 0.464. The molecule has 77 heavy (non-hydrogen) atoms. The molecule has 4 amide bonds. The minimum atomic E-state index is -0.785. The Labute approximate surface area is 442 Å². The van der Waals surface area contributed by atoms with Gasteiger partial charge in [-0.05, 0) is 68.5 Å². The summed E-state index contributed by atoms with van der Waals surface area (Å²) >= 11 is 0. The molecule has 0 aliphatic carbocycles. The van der Waals surface area contributed by atoms with Crippen LogP contribution < -0.4 is 30.9 Å². The smallest absolute Gasteiger partial charge is 0.411 e. The number of benzene rings is 3. The van der Waals surface area contributed by atoms with E-state index in [1.54, 1.807) is 49.1 Å². The van der Waals surface area contributed by atoms with Gasteiger partial charge in [0.2, 0.25) is 17.7 Å². The van der Waals surface area contributed by atoms with Crippen LogP contribution in [0.1, 0.15) is 75.8 Å². The van der Waals surface area contributed by atoms with E-state index in [9.17, 15) is 24.0 Å². The lowest BCUT2D eigenvalue weighted by Gasteiger charge is -2.36. The molecule has 0 spiro atoms. The zero-order valence-electron chi connectivity index (χ0n) is 43.1. The van der Waals surface area contributed by atoms with E-state index in [4.69, 9.17) is 25.9 Å². The van der Waals surface area contributed by atoms with Crippen LogP contribution in [0.25, 0.3) is 44.0 Å². The zero-order valence-corrected chi connectivity index (χ0v) is 43.1. The van der Waals surface area contributed by atoms with E-state index < -0.39 is 41.4 Å². The molecule has 6 aliphatic rings. The molecule has 9 heterocycles. The number of anilines is 2. The average molecular weight is 1050 g/mol. The molecular formula is C56H60F2N12O7. The van der Waals surface area contributed by atoms with Gasteiger partial charge in [0.1, 0.15) is 35.5 Å². The molecule has 19 nitrogen and oxygen atoms in total. The molecule has 400 valence electrons. The highest BCUT2D eigenvalue weighted by Crippen LogP contribution is 2.44. The molecule has 6 fully saturated rings. The van der Waals surface area contributed by atoms with Gasteiger partial charge in [0.05, 0.1) is 33.2 Å². The second-order valence-electron chi connectivity index (χ2n) is 21.4. The molecule has 0 saturated carbocycles. The first kappa shape index (κ1) is 50.1. The molecule has 12 rings (SSSR count). The lowest BCUT2D eigenvalue weighted by atomic mass is 9.95. The van der Waals surface area contributed by atoms with E-state index in [1.807, 2.05) is 23.1 Å². The van der Waals surface area contributed by atoms with Crippen LogP contribution in [0, 0.1) is 24.0 Å².